The number of pyridine rings is 1. The number of rotatable bonds is 6. The van der Waals surface area contributed by atoms with E-state index >= 15 is 0 Å². The van der Waals surface area contributed by atoms with Gasteiger partial charge in [-0.05, 0) is 36.8 Å². The van der Waals surface area contributed by atoms with E-state index in [1.165, 1.54) is 6.20 Å². The van der Waals surface area contributed by atoms with Crippen LogP contribution in [-0.4, -0.2) is 40.0 Å². The van der Waals surface area contributed by atoms with E-state index in [0.717, 1.165) is 36.5 Å². The maximum Gasteiger partial charge on any atom is 0.254 e. The lowest BCUT2D eigenvalue weighted by molar-refractivity contribution is 0.100. The minimum absolute atomic E-state index is 0.0990. The van der Waals surface area contributed by atoms with Crippen LogP contribution in [0.3, 0.4) is 0 Å². The molecule has 0 aliphatic carbocycles. The molecule has 8 nitrogen and oxygen atoms in total. The summed E-state index contributed by atoms with van der Waals surface area (Å²) in [6.07, 6.45) is 3.47. The Bertz CT molecular complexity index is 855. The van der Waals surface area contributed by atoms with E-state index in [4.69, 9.17) is 16.5 Å². The Kier molecular flexibility index (Phi) is 6.32. The Morgan fingerprint density at radius 1 is 1.17 bits per heavy atom. The van der Waals surface area contributed by atoms with Gasteiger partial charge in [0, 0.05) is 42.4 Å². The van der Waals surface area contributed by atoms with E-state index < -0.39 is 5.91 Å². The van der Waals surface area contributed by atoms with Gasteiger partial charge in [-0.15, -0.1) is 0 Å². The highest BCUT2D eigenvalue weighted by Crippen LogP contribution is 2.27. The van der Waals surface area contributed by atoms with Crippen LogP contribution in [0.5, 0.6) is 0 Å². The number of carbonyl (C=O) groups excluding carboxylic acids is 1. The summed E-state index contributed by atoms with van der Waals surface area (Å²) < 4.78 is 0. The first-order valence-corrected chi connectivity index (χ1v) is 10.2. The largest absolute Gasteiger partial charge is 0.365 e. The van der Waals surface area contributed by atoms with Crippen molar-refractivity contribution < 1.29 is 4.79 Å². The molecule has 3 heterocycles. The normalized spacial score (nSPS) is 17.1. The summed E-state index contributed by atoms with van der Waals surface area (Å²) in [5.74, 6) is 0.935. The maximum absolute atomic E-state index is 12.0. The van der Waals surface area contributed by atoms with Crippen molar-refractivity contribution in [3.05, 3.63) is 35.3 Å². The van der Waals surface area contributed by atoms with E-state index in [0.29, 0.717) is 18.3 Å². The topological polar surface area (TPSA) is 123 Å². The van der Waals surface area contributed by atoms with Crippen LogP contribution in [0.25, 0.3) is 0 Å². The molecular formula is C21H31N7O. The zero-order valence-corrected chi connectivity index (χ0v) is 17.6. The van der Waals surface area contributed by atoms with Gasteiger partial charge in [-0.1, -0.05) is 27.7 Å². The third-order valence-corrected chi connectivity index (χ3v) is 5.09. The van der Waals surface area contributed by atoms with Crippen LogP contribution in [0.15, 0.2) is 18.3 Å². The first-order valence-electron chi connectivity index (χ1n) is 10.2. The van der Waals surface area contributed by atoms with Gasteiger partial charge in [0.25, 0.3) is 5.91 Å². The average Bonchev–Trinajstić information content (AvgIpc) is 2.67. The minimum atomic E-state index is -0.573. The van der Waals surface area contributed by atoms with Crippen molar-refractivity contribution in [2.24, 2.45) is 11.5 Å². The molecule has 29 heavy (non-hydrogen) atoms. The Morgan fingerprint density at radius 3 is 2.38 bits per heavy atom. The molecule has 1 fully saturated rings. The van der Waals surface area contributed by atoms with Crippen LogP contribution in [0.1, 0.15) is 74.1 Å². The Balaban J connectivity index is 1.98. The fourth-order valence-corrected chi connectivity index (χ4v) is 3.37. The molecule has 0 aromatic carbocycles. The molecule has 8 heteroatoms. The quantitative estimate of drug-likeness (QED) is 0.685. The molecule has 3 rings (SSSR count). The van der Waals surface area contributed by atoms with Crippen molar-refractivity contribution in [1.82, 2.24) is 15.0 Å². The molecular weight excluding hydrogens is 366 g/mol. The average molecular weight is 398 g/mol. The lowest BCUT2D eigenvalue weighted by atomic mass is 10.0. The molecule has 0 bridgehead atoms. The van der Waals surface area contributed by atoms with Gasteiger partial charge < -0.3 is 21.7 Å². The predicted octanol–water partition coefficient (Wildman–Crippen LogP) is 2.89. The highest BCUT2D eigenvalue weighted by molar-refractivity contribution is 5.98. The predicted molar refractivity (Wildman–Crippen MR) is 116 cm³/mol. The van der Waals surface area contributed by atoms with E-state index in [2.05, 4.69) is 47.9 Å². The van der Waals surface area contributed by atoms with Gasteiger partial charge in [0.15, 0.2) is 0 Å². The number of amides is 1. The molecule has 0 spiro atoms. The van der Waals surface area contributed by atoms with Gasteiger partial charge in [0.2, 0.25) is 5.95 Å². The van der Waals surface area contributed by atoms with Crippen molar-refractivity contribution in [1.29, 1.82) is 0 Å². The fourth-order valence-electron chi connectivity index (χ4n) is 3.37. The highest BCUT2D eigenvalue weighted by Gasteiger charge is 2.21. The number of nitrogens with one attached hydrogen (secondary N) is 1. The van der Waals surface area contributed by atoms with Gasteiger partial charge in [-0.2, -0.15) is 4.98 Å². The van der Waals surface area contributed by atoms with Crippen molar-refractivity contribution >= 4 is 23.4 Å². The zero-order chi connectivity index (χ0) is 21.1. The van der Waals surface area contributed by atoms with E-state index in [1.807, 2.05) is 12.1 Å². The number of hydrogen-bond donors (Lipinski definition) is 3. The van der Waals surface area contributed by atoms with Crippen LogP contribution in [0.2, 0.25) is 0 Å². The lowest BCUT2D eigenvalue weighted by Gasteiger charge is -2.31. The molecule has 0 saturated carbocycles. The first kappa shape index (κ1) is 21.0. The van der Waals surface area contributed by atoms with Crippen LogP contribution >= 0.6 is 0 Å². The maximum atomic E-state index is 12.0. The second-order valence-electron chi connectivity index (χ2n) is 8.28. The Labute approximate surface area is 172 Å². The van der Waals surface area contributed by atoms with E-state index in [9.17, 15) is 4.79 Å². The smallest absolute Gasteiger partial charge is 0.254 e. The van der Waals surface area contributed by atoms with E-state index in [-0.39, 0.29) is 23.4 Å². The molecule has 156 valence electrons. The number of primary amides is 1. The third-order valence-electron chi connectivity index (χ3n) is 5.09. The summed E-state index contributed by atoms with van der Waals surface area (Å²) in [6, 6.07) is 4.07. The lowest BCUT2D eigenvalue weighted by Crippen LogP contribution is -2.43. The number of anilines is 3. The first-order chi connectivity index (χ1) is 13.7. The summed E-state index contributed by atoms with van der Waals surface area (Å²) in [6.45, 7) is 9.95. The molecule has 1 unspecified atom stereocenters. The molecule has 2 aromatic rings. The summed E-state index contributed by atoms with van der Waals surface area (Å²) in [5, 5.41) is 3.29. The summed E-state index contributed by atoms with van der Waals surface area (Å²) in [7, 11) is 0. The van der Waals surface area contributed by atoms with Crippen LogP contribution in [0.4, 0.5) is 17.5 Å². The summed E-state index contributed by atoms with van der Waals surface area (Å²) >= 11 is 0. The SMILES string of the molecule is CC(C)c1cc(Nc2nc(N3CCCC(N)C3)ncc2C(N)=O)cc(C(C)C)n1. The van der Waals surface area contributed by atoms with Gasteiger partial charge >= 0.3 is 0 Å². The number of nitrogens with zero attached hydrogens (tertiary/aromatic N) is 4. The second-order valence-corrected chi connectivity index (χ2v) is 8.28. The number of piperidine rings is 1. The van der Waals surface area contributed by atoms with E-state index in [1.54, 1.807) is 0 Å². The number of aromatic nitrogens is 3. The molecule has 1 saturated heterocycles. The van der Waals surface area contributed by atoms with Crippen LogP contribution in [0, 0.1) is 0 Å². The van der Waals surface area contributed by atoms with Crippen molar-refractivity contribution in [2.45, 2.75) is 58.4 Å². The fraction of sp³-hybridized carbons (Fsp3) is 0.524. The van der Waals surface area contributed by atoms with Crippen molar-refractivity contribution in [2.75, 3.05) is 23.3 Å². The zero-order valence-electron chi connectivity index (χ0n) is 17.6. The minimum Gasteiger partial charge on any atom is -0.365 e. The second kappa shape index (κ2) is 8.73. The van der Waals surface area contributed by atoms with Gasteiger partial charge in [0.05, 0.1) is 0 Å². The van der Waals surface area contributed by atoms with Gasteiger partial charge in [0.1, 0.15) is 11.4 Å². The molecule has 1 aliphatic heterocycles. The van der Waals surface area contributed by atoms with Crippen LogP contribution in [-0.2, 0) is 0 Å². The highest BCUT2D eigenvalue weighted by atomic mass is 16.1. The number of nitrogens with two attached hydrogens (primary N) is 2. The third kappa shape index (κ3) is 5.00. The summed E-state index contributed by atoms with van der Waals surface area (Å²) in [5.41, 5.74) is 14.7. The molecule has 0 radical (unpaired) electrons. The van der Waals surface area contributed by atoms with Crippen LogP contribution < -0.4 is 21.7 Å². The molecule has 1 atom stereocenters. The van der Waals surface area contributed by atoms with Gasteiger partial charge in [-0.3, -0.25) is 9.78 Å². The number of carbonyl (C=O) groups is 1. The monoisotopic (exact) mass is 397 g/mol. The molecule has 1 amide bonds. The number of hydrogen-bond acceptors (Lipinski definition) is 7. The summed E-state index contributed by atoms with van der Waals surface area (Å²) in [4.78, 5) is 27.7. The Morgan fingerprint density at radius 2 is 1.83 bits per heavy atom. The standard InChI is InChI=1S/C21H31N7O/c1-12(2)17-8-15(9-18(26-17)13(3)4)25-20-16(19(23)29)10-24-21(27-20)28-7-5-6-14(22)11-28/h8-10,12-14H,5-7,11,22H2,1-4H3,(H2,23,29)(H,24,25,26,27). The van der Waals surface area contributed by atoms with Crippen molar-refractivity contribution in [3.63, 3.8) is 0 Å². The molecule has 1 aliphatic rings. The molecule has 2 aromatic heterocycles. The molecule has 5 N–H and O–H groups in total. The van der Waals surface area contributed by atoms with Gasteiger partial charge in [-0.25, -0.2) is 4.98 Å². The van der Waals surface area contributed by atoms with Crippen molar-refractivity contribution in [3.8, 4) is 0 Å². The Hall–Kier alpha value is -2.74.